The van der Waals surface area contributed by atoms with Gasteiger partial charge in [-0.2, -0.15) is 0 Å². The summed E-state index contributed by atoms with van der Waals surface area (Å²) in [6.45, 7) is 0. The maximum atomic E-state index is 8.74. The highest BCUT2D eigenvalue weighted by molar-refractivity contribution is 7.79. The average Bonchev–Trinajstić information content (AvgIpc) is 2.58. The van der Waals surface area contributed by atoms with Crippen LogP contribution in [0.4, 0.5) is 0 Å². The second kappa shape index (κ2) is 8.98. The van der Waals surface area contributed by atoms with Gasteiger partial charge < -0.3 is 9.59 Å². The first-order valence-electron chi connectivity index (χ1n) is 7.05. The molecule has 5 heteroatoms. The molecule has 0 fully saturated rings. The van der Waals surface area contributed by atoms with Crippen LogP contribution in [0, 0.1) is 0 Å². The molecule has 0 saturated heterocycles. The Morgan fingerprint density at radius 2 is 0.783 bits per heavy atom. The van der Waals surface area contributed by atoms with Gasteiger partial charge in [0.1, 0.15) is 0 Å². The van der Waals surface area contributed by atoms with Crippen molar-refractivity contribution in [2.45, 2.75) is 0 Å². The predicted octanol–water partition coefficient (Wildman–Crippen LogP) is 1.83. The van der Waals surface area contributed by atoms with Crippen LogP contribution in [0.3, 0.4) is 0 Å². The van der Waals surface area contributed by atoms with Gasteiger partial charge in [-0.05, 0) is 23.8 Å². The Bertz CT molecular complexity index is 623. The topological polar surface area (TPSA) is 57.5 Å². The van der Waals surface area contributed by atoms with Crippen LogP contribution >= 0.6 is 7.92 Å². The Kier molecular flexibility index (Phi) is 6.67. The van der Waals surface area contributed by atoms with E-state index in [4.69, 9.17) is 14.1 Å². The number of hydrogen-bond acceptors (Lipinski definition) is 1. The molecule has 3 nitrogen and oxygen atoms in total. The van der Waals surface area contributed by atoms with Gasteiger partial charge in [0.15, 0.2) is 0 Å². The van der Waals surface area contributed by atoms with E-state index >= 15 is 0 Å². The molecule has 0 aliphatic rings. The normalized spacial score (nSPS) is 9.78. The van der Waals surface area contributed by atoms with E-state index in [-0.39, 0.29) is 0 Å². The highest BCUT2D eigenvalue weighted by atomic mass is 31.1. The maximum Gasteiger partial charge on any atom is 0.761 e. The van der Waals surface area contributed by atoms with Crippen LogP contribution in [-0.2, 0) is 4.46 Å². The highest BCUT2D eigenvalue weighted by Crippen LogP contribution is 2.32. The van der Waals surface area contributed by atoms with Crippen molar-refractivity contribution in [1.82, 2.24) is 0 Å². The Labute approximate surface area is 138 Å². The van der Waals surface area contributed by atoms with Crippen LogP contribution in [0.5, 0.6) is 0 Å². The molecule has 0 unspecified atom stereocenters. The predicted molar refractivity (Wildman–Crippen MR) is 96.0 cm³/mol. The van der Waals surface area contributed by atoms with Crippen molar-refractivity contribution in [3.63, 3.8) is 0 Å². The van der Waals surface area contributed by atoms with Crippen molar-refractivity contribution in [3.05, 3.63) is 91.0 Å². The van der Waals surface area contributed by atoms with Gasteiger partial charge in [0.25, 0.3) is 0 Å². The fraction of sp³-hybridized carbons (Fsp3) is 0. The Morgan fingerprint density at radius 3 is 1.00 bits per heavy atom. The monoisotopic (exact) mass is 340 g/mol. The molecule has 0 radical (unpaired) electrons. The number of benzene rings is 3. The van der Waals surface area contributed by atoms with E-state index in [9.17, 15) is 0 Å². The molecule has 3 aromatic carbocycles. The second-order valence-electron chi connectivity index (χ2n) is 4.62. The summed E-state index contributed by atoms with van der Waals surface area (Å²) in [5.74, 6) is 0. The van der Waals surface area contributed by atoms with Gasteiger partial charge >= 0.3 is 9.17 Å². The molecular weight excluding hydrogens is 323 g/mol. The van der Waals surface area contributed by atoms with Crippen molar-refractivity contribution in [1.29, 1.82) is 0 Å². The summed E-state index contributed by atoms with van der Waals surface area (Å²) in [6.07, 6.45) is 0. The van der Waals surface area contributed by atoms with Gasteiger partial charge in [0.05, 0.1) is 0 Å². The third kappa shape index (κ3) is 5.44. The Hall–Kier alpha value is -2.29. The third-order valence-corrected chi connectivity index (χ3v) is 5.49. The van der Waals surface area contributed by atoms with Crippen LogP contribution in [0.2, 0.25) is 0 Å². The van der Waals surface area contributed by atoms with Crippen LogP contribution in [0.15, 0.2) is 91.0 Å². The van der Waals surface area contributed by atoms with Crippen molar-refractivity contribution in [2.75, 3.05) is 0 Å². The lowest BCUT2D eigenvalue weighted by atomic mass is 10.4. The minimum Gasteiger partial charge on any atom is -0.511 e. The van der Waals surface area contributed by atoms with Gasteiger partial charge in [-0.25, -0.2) is 0 Å². The summed E-state index contributed by atoms with van der Waals surface area (Å²) in [6, 6.07) is 32.3. The fourth-order valence-electron chi connectivity index (χ4n) is 2.18. The van der Waals surface area contributed by atoms with E-state index < -0.39 is 17.1 Å². The van der Waals surface area contributed by atoms with E-state index in [1.165, 1.54) is 15.9 Å². The minimum absolute atomic E-state index is 0.446. The van der Waals surface area contributed by atoms with Gasteiger partial charge in [0.2, 0.25) is 0 Å². The highest BCUT2D eigenvalue weighted by Gasteiger charge is 2.14. The molecule has 0 bridgehead atoms. The lowest BCUT2D eigenvalue weighted by Gasteiger charge is -2.18. The summed E-state index contributed by atoms with van der Waals surface area (Å²) in [5, 5.41) is 4.19. The molecule has 116 valence electrons. The number of hydrogen-bond donors (Lipinski definition) is 2. The van der Waals surface area contributed by atoms with E-state index in [1.54, 1.807) is 0 Å². The molecule has 0 heterocycles. The summed E-state index contributed by atoms with van der Waals surface area (Å²) < 4.78 is 8.74. The molecule has 3 aromatic rings. The van der Waals surface area contributed by atoms with Gasteiger partial charge in [-0.3, -0.25) is 4.46 Å². The first-order chi connectivity index (χ1) is 11.2. The Balaban J connectivity index is 0.000000433. The van der Waals surface area contributed by atoms with Gasteiger partial charge in [0, 0.05) is 0 Å². The molecule has 0 aromatic heterocycles. The van der Waals surface area contributed by atoms with Crippen molar-refractivity contribution in [2.24, 2.45) is 0 Å². The molecular formula is C18H17O3PSi. The first kappa shape index (κ1) is 17.1. The minimum atomic E-state index is -3.13. The van der Waals surface area contributed by atoms with E-state index in [0.717, 1.165) is 0 Å². The molecule has 0 saturated carbocycles. The first-order valence-corrected chi connectivity index (χ1v) is 9.70. The summed E-state index contributed by atoms with van der Waals surface area (Å²) in [4.78, 5) is 14.3. The zero-order valence-corrected chi connectivity index (χ0v) is 14.3. The average molecular weight is 340 g/mol. The van der Waals surface area contributed by atoms with Crippen LogP contribution < -0.4 is 15.9 Å². The van der Waals surface area contributed by atoms with Crippen molar-refractivity contribution >= 4 is 33.0 Å². The summed E-state index contributed by atoms with van der Waals surface area (Å²) in [7, 11) is -3.58. The zero-order chi connectivity index (χ0) is 16.5. The van der Waals surface area contributed by atoms with Crippen LogP contribution in [-0.4, -0.2) is 18.8 Å². The molecule has 0 atom stereocenters. The van der Waals surface area contributed by atoms with Gasteiger partial charge in [-0.15, -0.1) is 0 Å². The fourth-order valence-corrected chi connectivity index (χ4v) is 4.48. The summed E-state index contributed by atoms with van der Waals surface area (Å²) >= 11 is 0. The quantitative estimate of drug-likeness (QED) is 0.565. The lowest BCUT2D eigenvalue weighted by molar-refractivity contribution is 0.330. The molecule has 0 amide bonds. The van der Waals surface area contributed by atoms with Gasteiger partial charge in [-0.1, -0.05) is 91.0 Å². The molecule has 0 aliphatic heterocycles. The standard InChI is InChI=1S/C18H15P.H2O3Si/c1-4-10-16(11-5-1)19(17-12-6-2-7-13-17)18-14-8-3-9-15-18;1-4(2)3/h1-15H;1-2H. The third-order valence-electron chi connectivity index (χ3n) is 3.04. The molecule has 2 N–H and O–H groups in total. The molecule has 23 heavy (non-hydrogen) atoms. The lowest BCUT2D eigenvalue weighted by Crippen LogP contribution is -2.20. The van der Waals surface area contributed by atoms with Crippen LogP contribution in [0.25, 0.3) is 0 Å². The van der Waals surface area contributed by atoms with Crippen LogP contribution in [0.1, 0.15) is 0 Å². The smallest absolute Gasteiger partial charge is 0.511 e. The zero-order valence-electron chi connectivity index (χ0n) is 12.4. The molecule has 3 rings (SSSR count). The largest absolute Gasteiger partial charge is 0.761 e. The van der Waals surface area contributed by atoms with Crippen molar-refractivity contribution < 1.29 is 14.1 Å². The van der Waals surface area contributed by atoms with E-state index in [0.29, 0.717) is 0 Å². The second-order valence-corrected chi connectivity index (χ2v) is 7.41. The molecule has 0 spiro atoms. The van der Waals surface area contributed by atoms with Crippen molar-refractivity contribution in [3.8, 4) is 0 Å². The SMILES string of the molecule is O=[Si](O)O.c1ccc(P(c2ccccc2)c2ccccc2)cc1. The number of rotatable bonds is 3. The molecule has 0 aliphatic carbocycles. The Morgan fingerprint density at radius 1 is 0.565 bits per heavy atom. The maximum absolute atomic E-state index is 8.74. The summed E-state index contributed by atoms with van der Waals surface area (Å²) in [5.41, 5.74) is 0. The van der Waals surface area contributed by atoms with E-state index in [2.05, 4.69) is 91.0 Å². The van der Waals surface area contributed by atoms with E-state index in [1.807, 2.05) is 0 Å².